The topological polar surface area (TPSA) is 43.4 Å². The van der Waals surface area contributed by atoms with Crippen molar-refractivity contribution in [3.8, 4) is 0 Å². The lowest BCUT2D eigenvalue weighted by Crippen LogP contribution is -2.10. The van der Waals surface area contributed by atoms with Crippen LogP contribution in [0.15, 0.2) is 12.7 Å². The number of hydrogen-bond acceptors (Lipinski definition) is 3. The van der Waals surface area contributed by atoms with Crippen molar-refractivity contribution in [3.63, 3.8) is 0 Å². The molecule has 0 aromatic carbocycles. The highest BCUT2D eigenvalue weighted by Gasteiger charge is 2.11. The Hall–Kier alpha value is -1.12. The molecule has 3 heteroatoms. The highest BCUT2D eigenvalue weighted by Crippen LogP contribution is 2.08. The van der Waals surface area contributed by atoms with E-state index in [1.54, 1.807) is 0 Å². The summed E-state index contributed by atoms with van der Waals surface area (Å²) in [5.74, 6) is -0.284. The molecular weight excluding hydrogens is 156 g/mol. The van der Waals surface area contributed by atoms with E-state index < -0.39 is 0 Å². The van der Waals surface area contributed by atoms with Crippen molar-refractivity contribution in [1.82, 2.24) is 0 Å². The molecule has 0 N–H and O–H groups in total. The van der Waals surface area contributed by atoms with Gasteiger partial charge in [0.25, 0.3) is 0 Å². The zero-order valence-corrected chi connectivity index (χ0v) is 7.50. The molecule has 0 aliphatic heterocycles. The predicted octanol–water partition coefficient (Wildman–Crippen LogP) is 1.33. The Balaban J connectivity index is 3.73. The van der Waals surface area contributed by atoms with Gasteiger partial charge in [-0.2, -0.15) is 0 Å². The molecule has 0 unspecified atom stereocenters. The fraction of sp³-hybridized carbons (Fsp3) is 0.556. The van der Waals surface area contributed by atoms with Gasteiger partial charge in [0.05, 0.1) is 7.11 Å². The van der Waals surface area contributed by atoms with Gasteiger partial charge in [-0.1, -0.05) is 13.5 Å². The summed E-state index contributed by atoms with van der Waals surface area (Å²) in [6, 6.07) is 0. The monoisotopic (exact) mass is 170 g/mol. The number of methoxy groups -OCH3 is 1. The van der Waals surface area contributed by atoms with E-state index in [-0.39, 0.29) is 24.1 Å². The van der Waals surface area contributed by atoms with Crippen LogP contribution in [0, 0.1) is 5.92 Å². The molecule has 0 bridgehead atoms. The second-order valence-corrected chi connectivity index (χ2v) is 2.76. The zero-order chi connectivity index (χ0) is 9.56. The Morgan fingerprint density at radius 2 is 2.08 bits per heavy atom. The molecule has 0 saturated carbocycles. The molecule has 0 fully saturated rings. The SMILES string of the molecule is C=CC(=O)C[C@@H](C)CC(=O)OC. The van der Waals surface area contributed by atoms with Gasteiger partial charge in [-0.05, 0) is 12.0 Å². The summed E-state index contributed by atoms with van der Waals surface area (Å²) < 4.78 is 4.46. The third-order valence-corrected chi connectivity index (χ3v) is 1.52. The van der Waals surface area contributed by atoms with Crippen molar-refractivity contribution < 1.29 is 14.3 Å². The average Bonchev–Trinajstić information content (AvgIpc) is 2.03. The Bertz CT molecular complexity index is 184. The van der Waals surface area contributed by atoms with E-state index in [4.69, 9.17) is 0 Å². The second-order valence-electron chi connectivity index (χ2n) is 2.76. The Morgan fingerprint density at radius 1 is 1.50 bits per heavy atom. The molecule has 0 saturated heterocycles. The number of ether oxygens (including phenoxy) is 1. The van der Waals surface area contributed by atoms with Gasteiger partial charge in [-0.25, -0.2) is 0 Å². The third kappa shape index (κ3) is 4.66. The molecule has 0 aromatic rings. The first-order valence-corrected chi connectivity index (χ1v) is 3.82. The summed E-state index contributed by atoms with van der Waals surface area (Å²) >= 11 is 0. The van der Waals surface area contributed by atoms with Gasteiger partial charge in [0.1, 0.15) is 0 Å². The molecule has 0 aromatic heterocycles. The normalized spacial score (nSPS) is 11.8. The van der Waals surface area contributed by atoms with Crippen molar-refractivity contribution in [2.24, 2.45) is 5.92 Å². The molecule has 0 aliphatic rings. The van der Waals surface area contributed by atoms with Gasteiger partial charge in [-0.3, -0.25) is 9.59 Å². The Kier molecular flexibility index (Phi) is 5.00. The number of ketones is 1. The van der Waals surface area contributed by atoms with E-state index >= 15 is 0 Å². The molecule has 0 heterocycles. The maximum Gasteiger partial charge on any atom is 0.305 e. The Labute approximate surface area is 72.4 Å². The van der Waals surface area contributed by atoms with E-state index in [1.165, 1.54) is 13.2 Å². The first-order valence-electron chi connectivity index (χ1n) is 3.82. The van der Waals surface area contributed by atoms with Crippen molar-refractivity contribution in [2.45, 2.75) is 19.8 Å². The van der Waals surface area contributed by atoms with Crippen LogP contribution in [-0.2, 0) is 14.3 Å². The van der Waals surface area contributed by atoms with Crippen LogP contribution in [0.2, 0.25) is 0 Å². The van der Waals surface area contributed by atoms with E-state index in [0.29, 0.717) is 6.42 Å². The summed E-state index contributed by atoms with van der Waals surface area (Å²) in [6.07, 6.45) is 1.92. The molecule has 0 amide bonds. The highest BCUT2D eigenvalue weighted by atomic mass is 16.5. The lowest BCUT2D eigenvalue weighted by atomic mass is 10.0. The standard InChI is InChI=1S/C9H14O3/c1-4-8(10)5-7(2)6-9(11)12-3/h4,7H,1,5-6H2,2-3H3/t7-/m1/s1. The van der Waals surface area contributed by atoms with Gasteiger partial charge >= 0.3 is 5.97 Å². The van der Waals surface area contributed by atoms with E-state index in [1.807, 2.05) is 6.92 Å². The summed E-state index contributed by atoms with van der Waals surface area (Å²) in [6.45, 7) is 5.18. The van der Waals surface area contributed by atoms with Crippen LogP contribution in [-0.4, -0.2) is 18.9 Å². The van der Waals surface area contributed by atoms with E-state index in [2.05, 4.69) is 11.3 Å². The molecule has 1 atom stereocenters. The second kappa shape index (κ2) is 5.52. The molecule has 0 spiro atoms. The van der Waals surface area contributed by atoms with Crippen molar-refractivity contribution >= 4 is 11.8 Å². The number of rotatable bonds is 5. The maximum atomic E-state index is 10.8. The lowest BCUT2D eigenvalue weighted by molar-refractivity contribution is -0.141. The minimum Gasteiger partial charge on any atom is -0.469 e. The van der Waals surface area contributed by atoms with Crippen LogP contribution in [0.4, 0.5) is 0 Å². The van der Waals surface area contributed by atoms with Crippen LogP contribution >= 0.6 is 0 Å². The number of hydrogen-bond donors (Lipinski definition) is 0. The van der Waals surface area contributed by atoms with Crippen LogP contribution in [0.25, 0.3) is 0 Å². The molecule has 68 valence electrons. The molecule has 0 rings (SSSR count). The molecular formula is C9H14O3. The lowest BCUT2D eigenvalue weighted by Gasteiger charge is -2.06. The first-order chi connectivity index (χ1) is 5.60. The van der Waals surface area contributed by atoms with Gasteiger partial charge in [-0.15, -0.1) is 0 Å². The van der Waals surface area contributed by atoms with Gasteiger partial charge in [0.15, 0.2) is 5.78 Å². The van der Waals surface area contributed by atoms with Gasteiger partial charge < -0.3 is 4.74 Å². The van der Waals surface area contributed by atoms with Crippen LogP contribution < -0.4 is 0 Å². The molecule has 3 nitrogen and oxygen atoms in total. The number of allylic oxidation sites excluding steroid dienone is 1. The van der Waals surface area contributed by atoms with Crippen LogP contribution in [0.1, 0.15) is 19.8 Å². The molecule has 12 heavy (non-hydrogen) atoms. The van der Waals surface area contributed by atoms with E-state index in [9.17, 15) is 9.59 Å². The van der Waals surface area contributed by atoms with Gasteiger partial charge in [0.2, 0.25) is 0 Å². The number of carbonyl (C=O) groups is 2. The fourth-order valence-corrected chi connectivity index (χ4v) is 0.867. The zero-order valence-electron chi connectivity index (χ0n) is 7.50. The van der Waals surface area contributed by atoms with E-state index in [0.717, 1.165) is 0 Å². The third-order valence-electron chi connectivity index (χ3n) is 1.52. The quantitative estimate of drug-likeness (QED) is 0.462. The maximum absolute atomic E-state index is 10.8. The minimum atomic E-state index is -0.278. The fourth-order valence-electron chi connectivity index (χ4n) is 0.867. The van der Waals surface area contributed by atoms with Crippen molar-refractivity contribution in [2.75, 3.05) is 7.11 Å². The summed E-state index contributed by atoms with van der Waals surface area (Å²) in [4.78, 5) is 21.6. The minimum absolute atomic E-state index is 0.0305. The summed E-state index contributed by atoms with van der Waals surface area (Å²) in [7, 11) is 1.34. The van der Waals surface area contributed by atoms with Gasteiger partial charge in [0, 0.05) is 12.8 Å². The smallest absolute Gasteiger partial charge is 0.305 e. The first kappa shape index (κ1) is 10.9. The van der Waals surface area contributed by atoms with Crippen molar-refractivity contribution in [3.05, 3.63) is 12.7 Å². The number of esters is 1. The summed E-state index contributed by atoms with van der Waals surface area (Å²) in [5, 5.41) is 0. The molecule has 0 aliphatic carbocycles. The van der Waals surface area contributed by atoms with Crippen molar-refractivity contribution in [1.29, 1.82) is 0 Å². The highest BCUT2D eigenvalue weighted by molar-refractivity contribution is 5.89. The largest absolute Gasteiger partial charge is 0.469 e. The molecule has 0 radical (unpaired) electrons. The number of carbonyl (C=O) groups excluding carboxylic acids is 2. The Morgan fingerprint density at radius 3 is 2.50 bits per heavy atom. The predicted molar refractivity (Wildman–Crippen MR) is 45.6 cm³/mol. The average molecular weight is 170 g/mol. The van der Waals surface area contributed by atoms with Crippen LogP contribution in [0.5, 0.6) is 0 Å². The summed E-state index contributed by atoms with van der Waals surface area (Å²) in [5.41, 5.74) is 0. The van der Waals surface area contributed by atoms with Crippen LogP contribution in [0.3, 0.4) is 0 Å².